The van der Waals surface area contributed by atoms with Gasteiger partial charge in [-0.1, -0.05) is 25.1 Å². The Morgan fingerprint density at radius 2 is 2.05 bits per heavy atom. The van der Waals surface area contributed by atoms with Crippen LogP contribution in [0.5, 0.6) is 0 Å². The minimum absolute atomic E-state index is 0.0226. The Kier molecular flexibility index (Phi) is 5.15. The highest BCUT2D eigenvalue weighted by Crippen LogP contribution is 2.26. The summed E-state index contributed by atoms with van der Waals surface area (Å²) in [7, 11) is -3.05. The second kappa shape index (κ2) is 6.69. The van der Waals surface area contributed by atoms with Crippen molar-refractivity contribution in [2.45, 2.75) is 13.5 Å². The van der Waals surface area contributed by atoms with E-state index in [1.165, 1.54) is 4.68 Å². The van der Waals surface area contributed by atoms with Gasteiger partial charge in [0.2, 0.25) is 0 Å². The third-order valence-electron chi connectivity index (χ3n) is 3.12. The van der Waals surface area contributed by atoms with Crippen molar-refractivity contribution in [1.82, 2.24) is 9.78 Å². The van der Waals surface area contributed by atoms with Crippen molar-refractivity contribution < 1.29 is 13.2 Å². The van der Waals surface area contributed by atoms with Crippen LogP contribution in [0.2, 0.25) is 0 Å². The lowest BCUT2D eigenvalue weighted by atomic mass is 10.1. The highest BCUT2D eigenvalue weighted by atomic mass is 127. The minimum Gasteiger partial charge on any atom is -0.298 e. The van der Waals surface area contributed by atoms with E-state index in [1.807, 2.05) is 24.3 Å². The third kappa shape index (κ3) is 3.91. The maximum Gasteiger partial charge on any atom is 0.153 e. The molecule has 1 aromatic carbocycles. The van der Waals surface area contributed by atoms with Crippen molar-refractivity contribution in [2.24, 2.45) is 0 Å². The second-order valence-corrected chi connectivity index (χ2v) is 8.17. The van der Waals surface area contributed by atoms with Gasteiger partial charge in [-0.05, 0) is 28.7 Å². The number of carbonyl (C=O) groups excluding carboxylic acids is 1. The Morgan fingerprint density at radius 3 is 2.67 bits per heavy atom. The largest absolute Gasteiger partial charge is 0.298 e. The van der Waals surface area contributed by atoms with E-state index in [0.29, 0.717) is 11.3 Å². The SMILES string of the molecule is CCS(=O)(=O)CCn1cc(C=O)c(-c2ccccc2I)n1. The lowest BCUT2D eigenvalue weighted by Crippen LogP contribution is -2.14. The van der Waals surface area contributed by atoms with Crippen molar-refractivity contribution in [3.05, 3.63) is 39.6 Å². The molecule has 2 aromatic rings. The van der Waals surface area contributed by atoms with Gasteiger partial charge in [-0.15, -0.1) is 0 Å². The third-order valence-corrected chi connectivity index (χ3v) is 5.74. The fraction of sp³-hybridized carbons (Fsp3) is 0.286. The van der Waals surface area contributed by atoms with Gasteiger partial charge < -0.3 is 0 Å². The first-order chi connectivity index (χ1) is 9.96. The first-order valence-corrected chi connectivity index (χ1v) is 9.35. The molecule has 0 saturated heterocycles. The molecular weight excluding hydrogens is 403 g/mol. The summed E-state index contributed by atoms with van der Waals surface area (Å²) < 4.78 is 25.6. The highest BCUT2D eigenvalue weighted by Gasteiger charge is 2.14. The number of benzene rings is 1. The average molecular weight is 418 g/mol. The molecule has 21 heavy (non-hydrogen) atoms. The zero-order valence-electron chi connectivity index (χ0n) is 11.5. The summed E-state index contributed by atoms with van der Waals surface area (Å²) in [6.07, 6.45) is 2.34. The molecule has 0 unspecified atom stereocenters. The summed E-state index contributed by atoms with van der Waals surface area (Å²) >= 11 is 2.19. The van der Waals surface area contributed by atoms with Crippen LogP contribution < -0.4 is 0 Å². The van der Waals surface area contributed by atoms with E-state index < -0.39 is 9.84 Å². The van der Waals surface area contributed by atoms with E-state index in [1.54, 1.807) is 13.1 Å². The van der Waals surface area contributed by atoms with Crippen LogP contribution in [0.15, 0.2) is 30.5 Å². The molecule has 0 N–H and O–H groups in total. The monoisotopic (exact) mass is 418 g/mol. The molecule has 0 spiro atoms. The second-order valence-electron chi connectivity index (χ2n) is 4.53. The van der Waals surface area contributed by atoms with Crippen molar-refractivity contribution in [1.29, 1.82) is 0 Å². The predicted molar refractivity (Wildman–Crippen MR) is 90.1 cm³/mol. The van der Waals surface area contributed by atoms with Crippen LogP contribution >= 0.6 is 22.6 Å². The number of hydrogen-bond donors (Lipinski definition) is 0. The van der Waals surface area contributed by atoms with Crippen LogP contribution in [-0.2, 0) is 16.4 Å². The highest BCUT2D eigenvalue weighted by molar-refractivity contribution is 14.1. The summed E-state index contributed by atoms with van der Waals surface area (Å²) in [6.45, 7) is 1.87. The Balaban J connectivity index is 2.33. The molecule has 7 heteroatoms. The lowest BCUT2D eigenvalue weighted by Gasteiger charge is -2.03. The number of aldehydes is 1. The zero-order chi connectivity index (χ0) is 15.5. The first-order valence-electron chi connectivity index (χ1n) is 6.45. The van der Waals surface area contributed by atoms with Crippen LogP contribution in [0.1, 0.15) is 17.3 Å². The molecule has 5 nitrogen and oxygen atoms in total. The molecule has 0 saturated carbocycles. The van der Waals surface area contributed by atoms with Crippen LogP contribution in [-0.4, -0.2) is 36.0 Å². The maximum absolute atomic E-state index is 11.5. The molecular formula is C14H15IN2O3S. The molecule has 0 aliphatic carbocycles. The fourth-order valence-corrected chi connectivity index (χ4v) is 3.27. The molecule has 0 fully saturated rings. The standard InChI is InChI=1S/C14H15IN2O3S/c1-2-21(19,20)8-7-17-9-11(10-18)14(16-17)12-5-3-4-6-13(12)15/h3-6,9-10H,2,7-8H2,1H3. The van der Waals surface area contributed by atoms with Crippen molar-refractivity contribution in [3.8, 4) is 11.3 Å². The van der Waals surface area contributed by atoms with E-state index >= 15 is 0 Å². The van der Waals surface area contributed by atoms with Gasteiger partial charge in [-0.3, -0.25) is 9.48 Å². The predicted octanol–water partition coefficient (Wildman–Crippen LogP) is 2.40. The fourth-order valence-electron chi connectivity index (χ4n) is 1.88. The van der Waals surface area contributed by atoms with Gasteiger partial charge in [-0.25, -0.2) is 8.42 Å². The van der Waals surface area contributed by atoms with Crippen molar-refractivity contribution in [2.75, 3.05) is 11.5 Å². The topological polar surface area (TPSA) is 69.0 Å². The Hall–Kier alpha value is -1.22. The van der Waals surface area contributed by atoms with Gasteiger partial charge in [0.05, 0.1) is 17.9 Å². The normalized spacial score (nSPS) is 11.5. The quantitative estimate of drug-likeness (QED) is 0.534. The molecule has 1 heterocycles. The smallest absolute Gasteiger partial charge is 0.153 e. The van der Waals surface area contributed by atoms with E-state index in [-0.39, 0.29) is 18.1 Å². The van der Waals surface area contributed by atoms with E-state index in [4.69, 9.17) is 0 Å². The average Bonchev–Trinajstić information content (AvgIpc) is 2.89. The molecule has 0 aliphatic heterocycles. The number of sulfone groups is 1. The molecule has 0 amide bonds. The lowest BCUT2D eigenvalue weighted by molar-refractivity contribution is 0.112. The number of carbonyl (C=O) groups is 1. The Morgan fingerprint density at radius 1 is 1.33 bits per heavy atom. The summed E-state index contributed by atoms with van der Waals surface area (Å²) in [4.78, 5) is 11.2. The maximum atomic E-state index is 11.5. The van der Waals surface area contributed by atoms with E-state index in [9.17, 15) is 13.2 Å². The molecule has 1 aromatic heterocycles. The molecule has 0 bridgehead atoms. The van der Waals surface area contributed by atoms with Gasteiger partial charge >= 0.3 is 0 Å². The van der Waals surface area contributed by atoms with Gasteiger partial charge in [0, 0.05) is 21.1 Å². The molecule has 112 valence electrons. The van der Waals surface area contributed by atoms with Crippen molar-refractivity contribution >= 4 is 38.7 Å². The molecule has 2 rings (SSSR count). The summed E-state index contributed by atoms with van der Waals surface area (Å²) in [5.41, 5.74) is 1.93. The van der Waals surface area contributed by atoms with Gasteiger partial charge in [0.25, 0.3) is 0 Å². The Labute approximate surface area is 137 Å². The number of nitrogens with zero attached hydrogens (tertiary/aromatic N) is 2. The Bertz CT molecular complexity index is 753. The molecule has 0 aliphatic rings. The molecule has 0 atom stereocenters. The summed E-state index contributed by atoms with van der Waals surface area (Å²) in [5, 5.41) is 4.37. The number of halogens is 1. The summed E-state index contributed by atoms with van der Waals surface area (Å²) in [5.74, 6) is 0.132. The minimum atomic E-state index is -3.05. The van der Waals surface area contributed by atoms with Crippen LogP contribution in [0.3, 0.4) is 0 Å². The van der Waals surface area contributed by atoms with E-state index in [0.717, 1.165) is 15.4 Å². The van der Waals surface area contributed by atoms with Crippen LogP contribution in [0.4, 0.5) is 0 Å². The van der Waals surface area contributed by atoms with Crippen LogP contribution in [0.25, 0.3) is 11.3 Å². The van der Waals surface area contributed by atoms with Gasteiger partial charge in [0.15, 0.2) is 16.1 Å². The summed E-state index contributed by atoms with van der Waals surface area (Å²) in [6, 6.07) is 7.62. The number of aromatic nitrogens is 2. The first kappa shape index (κ1) is 16.2. The van der Waals surface area contributed by atoms with Crippen molar-refractivity contribution in [3.63, 3.8) is 0 Å². The number of hydrogen-bond acceptors (Lipinski definition) is 4. The number of rotatable bonds is 6. The molecule has 0 radical (unpaired) electrons. The number of aryl methyl sites for hydroxylation is 1. The van der Waals surface area contributed by atoms with E-state index in [2.05, 4.69) is 27.7 Å². The van der Waals surface area contributed by atoms with Gasteiger partial charge in [0.1, 0.15) is 5.69 Å². The van der Waals surface area contributed by atoms with Crippen LogP contribution in [0, 0.1) is 3.57 Å². The zero-order valence-corrected chi connectivity index (χ0v) is 14.5. The van der Waals surface area contributed by atoms with Gasteiger partial charge in [-0.2, -0.15) is 5.10 Å².